The Bertz CT molecular complexity index is 595. The van der Waals surface area contributed by atoms with Crippen molar-refractivity contribution in [1.82, 2.24) is 20.4 Å². The van der Waals surface area contributed by atoms with Gasteiger partial charge in [0.2, 0.25) is 5.91 Å². The second-order valence-corrected chi connectivity index (χ2v) is 5.23. The Morgan fingerprint density at radius 3 is 3.00 bits per heavy atom. The van der Waals surface area contributed by atoms with Gasteiger partial charge in [0.15, 0.2) is 5.82 Å². The molecule has 0 atom stereocenters. The third kappa shape index (κ3) is 3.93. The maximum atomic E-state index is 11.8. The highest BCUT2D eigenvalue weighted by Gasteiger charge is 2.09. The van der Waals surface area contributed by atoms with Crippen LogP contribution in [0.5, 0.6) is 0 Å². The summed E-state index contributed by atoms with van der Waals surface area (Å²) in [5.74, 6) is 0.406. The van der Waals surface area contributed by atoms with Crippen LogP contribution in [0.3, 0.4) is 0 Å². The van der Waals surface area contributed by atoms with Gasteiger partial charge in [-0.2, -0.15) is 5.10 Å². The molecule has 0 saturated heterocycles. The fourth-order valence-corrected chi connectivity index (χ4v) is 1.94. The second kappa shape index (κ2) is 6.69. The van der Waals surface area contributed by atoms with E-state index in [0.29, 0.717) is 10.8 Å². The molecule has 1 aromatic heterocycles. The molecular formula is C13H18ClN5O. The van der Waals surface area contributed by atoms with Crippen LogP contribution in [0.15, 0.2) is 18.2 Å². The van der Waals surface area contributed by atoms with Crippen LogP contribution in [0.4, 0.5) is 5.82 Å². The first kappa shape index (κ1) is 14.8. The zero-order valence-electron chi connectivity index (χ0n) is 11.5. The molecule has 0 aliphatic carbocycles. The van der Waals surface area contributed by atoms with Gasteiger partial charge in [-0.15, -0.1) is 0 Å². The Hall–Kier alpha value is -1.63. The van der Waals surface area contributed by atoms with Crippen molar-refractivity contribution >= 4 is 34.2 Å². The molecule has 20 heavy (non-hydrogen) atoms. The number of aromatic amines is 1. The van der Waals surface area contributed by atoms with E-state index < -0.39 is 0 Å². The molecule has 0 fully saturated rings. The average molecular weight is 296 g/mol. The number of benzene rings is 1. The lowest BCUT2D eigenvalue weighted by Crippen LogP contribution is -2.33. The van der Waals surface area contributed by atoms with E-state index in [1.165, 1.54) is 0 Å². The van der Waals surface area contributed by atoms with E-state index in [9.17, 15) is 4.79 Å². The van der Waals surface area contributed by atoms with Crippen LogP contribution in [-0.4, -0.2) is 54.7 Å². The van der Waals surface area contributed by atoms with E-state index in [0.717, 1.165) is 24.0 Å². The van der Waals surface area contributed by atoms with E-state index >= 15 is 0 Å². The summed E-state index contributed by atoms with van der Waals surface area (Å²) in [5.41, 5.74) is 0.799. The lowest BCUT2D eigenvalue weighted by atomic mass is 10.2. The van der Waals surface area contributed by atoms with Gasteiger partial charge in [0.25, 0.3) is 0 Å². The number of fused-ring (bicyclic) bond motifs is 1. The number of aromatic nitrogens is 2. The number of amides is 1. The summed E-state index contributed by atoms with van der Waals surface area (Å²) in [6.45, 7) is 1.91. The smallest absolute Gasteiger partial charge is 0.239 e. The Balaban J connectivity index is 1.90. The van der Waals surface area contributed by atoms with Gasteiger partial charge < -0.3 is 15.5 Å². The highest BCUT2D eigenvalue weighted by atomic mass is 35.5. The zero-order chi connectivity index (χ0) is 14.5. The Morgan fingerprint density at radius 1 is 1.45 bits per heavy atom. The number of carbonyl (C=O) groups is 1. The first-order chi connectivity index (χ1) is 9.56. The van der Waals surface area contributed by atoms with Crippen molar-refractivity contribution in [1.29, 1.82) is 0 Å². The molecule has 0 bridgehead atoms. The van der Waals surface area contributed by atoms with Crippen molar-refractivity contribution in [3.05, 3.63) is 23.2 Å². The van der Waals surface area contributed by atoms with Crippen LogP contribution < -0.4 is 10.6 Å². The molecule has 108 valence electrons. The number of nitrogens with zero attached hydrogens (tertiary/aromatic N) is 2. The number of hydrogen-bond donors (Lipinski definition) is 3. The SMILES string of the molecule is CN(C)CCNCC(=O)Nc1n[nH]c2cc(Cl)ccc12. The molecule has 0 radical (unpaired) electrons. The minimum atomic E-state index is -0.118. The van der Waals surface area contributed by atoms with Crippen molar-refractivity contribution < 1.29 is 4.79 Å². The van der Waals surface area contributed by atoms with Crippen LogP contribution in [-0.2, 0) is 4.79 Å². The summed E-state index contributed by atoms with van der Waals surface area (Å²) in [7, 11) is 3.98. The van der Waals surface area contributed by atoms with Gasteiger partial charge in [-0.25, -0.2) is 0 Å². The fourth-order valence-electron chi connectivity index (χ4n) is 1.77. The van der Waals surface area contributed by atoms with Crippen molar-refractivity contribution in [3.8, 4) is 0 Å². The number of H-pyrrole nitrogens is 1. The summed E-state index contributed by atoms with van der Waals surface area (Å²) in [6.07, 6.45) is 0. The van der Waals surface area contributed by atoms with E-state index in [4.69, 9.17) is 11.6 Å². The maximum Gasteiger partial charge on any atom is 0.239 e. The molecular weight excluding hydrogens is 278 g/mol. The Labute approximate surface area is 122 Å². The molecule has 0 aliphatic rings. The van der Waals surface area contributed by atoms with E-state index in [1.807, 2.05) is 20.2 Å². The molecule has 0 saturated carbocycles. The van der Waals surface area contributed by atoms with Crippen LogP contribution in [0.1, 0.15) is 0 Å². The van der Waals surface area contributed by atoms with Gasteiger partial charge in [-0.3, -0.25) is 9.89 Å². The molecule has 0 unspecified atom stereocenters. The normalized spacial score (nSPS) is 11.2. The summed E-state index contributed by atoms with van der Waals surface area (Å²) in [6, 6.07) is 5.37. The molecule has 1 heterocycles. The lowest BCUT2D eigenvalue weighted by molar-refractivity contribution is -0.115. The monoisotopic (exact) mass is 295 g/mol. The van der Waals surface area contributed by atoms with Gasteiger partial charge in [-0.1, -0.05) is 11.6 Å². The van der Waals surface area contributed by atoms with Crippen LogP contribution >= 0.6 is 11.6 Å². The first-order valence-corrected chi connectivity index (χ1v) is 6.73. The van der Waals surface area contributed by atoms with Crippen molar-refractivity contribution in [2.24, 2.45) is 0 Å². The lowest BCUT2D eigenvalue weighted by Gasteiger charge is -2.10. The topological polar surface area (TPSA) is 73.1 Å². The standard InChI is InChI=1S/C13H18ClN5O/c1-19(2)6-5-15-8-12(20)16-13-10-4-3-9(14)7-11(10)17-18-13/h3-4,7,15H,5-6,8H2,1-2H3,(H2,16,17,18,20). The number of carbonyl (C=O) groups excluding carboxylic acids is 1. The third-order valence-corrected chi connectivity index (χ3v) is 3.04. The van der Waals surface area contributed by atoms with Gasteiger partial charge >= 0.3 is 0 Å². The van der Waals surface area contributed by atoms with Gasteiger partial charge in [0.05, 0.1) is 12.1 Å². The third-order valence-electron chi connectivity index (χ3n) is 2.80. The van der Waals surface area contributed by atoms with E-state index in [-0.39, 0.29) is 12.5 Å². The van der Waals surface area contributed by atoms with Crippen LogP contribution in [0.25, 0.3) is 10.9 Å². The summed E-state index contributed by atoms with van der Waals surface area (Å²) < 4.78 is 0. The predicted molar refractivity (Wildman–Crippen MR) is 81.2 cm³/mol. The molecule has 3 N–H and O–H groups in total. The number of anilines is 1. The second-order valence-electron chi connectivity index (χ2n) is 4.79. The quantitative estimate of drug-likeness (QED) is 0.703. The Kier molecular flexibility index (Phi) is 4.94. The van der Waals surface area contributed by atoms with Crippen molar-refractivity contribution in [3.63, 3.8) is 0 Å². The Morgan fingerprint density at radius 2 is 2.25 bits per heavy atom. The number of rotatable bonds is 6. The number of nitrogens with one attached hydrogen (secondary N) is 3. The maximum absolute atomic E-state index is 11.8. The summed E-state index contributed by atoms with van der Waals surface area (Å²) >= 11 is 5.89. The molecule has 1 aromatic carbocycles. The van der Waals surface area contributed by atoms with Crippen LogP contribution in [0, 0.1) is 0 Å². The van der Waals surface area contributed by atoms with Gasteiger partial charge in [-0.05, 0) is 32.3 Å². The minimum absolute atomic E-state index is 0.118. The highest BCUT2D eigenvalue weighted by molar-refractivity contribution is 6.31. The highest BCUT2D eigenvalue weighted by Crippen LogP contribution is 2.23. The number of hydrogen-bond acceptors (Lipinski definition) is 4. The van der Waals surface area contributed by atoms with Gasteiger partial charge in [0.1, 0.15) is 0 Å². The first-order valence-electron chi connectivity index (χ1n) is 6.35. The van der Waals surface area contributed by atoms with Crippen LogP contribution in [0.2, 0.25) is 5.02 Å². The molecule has 6 nitrogen and oxygen atoms in total. The zero-order valence-corrected chi connectivity index (χ0v) is 12.3. The molecule has 2 aromatic rings. The van der Waals surface area contributed by atoms with E-state index in [2.05, 4.69) is 25.7 Å². The molecule has 1 amide bonds. The largest absolute Gasteiger partial charge is 0.308 e. The molecule has 7 heteroatoms. The summed E-state index contributed by atoms with van der Waals surface area (Å²) in [5, 5.41) is 14.2. The predicted octanol–water partition coefficient (Wildman–Crippen LogP) is 1.31. The van der Waals surface area contributed by atoms with E-state index in [1.54, 1.807) is 12.1 Å². The number of halogens is 1. The molecule has 0 aliphatic heterocycles. The average Bonchev–Trinajstić information content (AvgIpc) is 2.77. The minimum Gasteiger partial charge on any atom is -0.308 e. The molecule has 2 rings (SSSR count). The van der Waals surface area contributed by atoms with Crippen molar-refractivity contribution in [2.45, 2.75) is 0 Å². The van der Waals surface area contributed by atoms with Gasteiger partial charge in [0, 0.05) is 23.5 Å². The fraction of sp³-hybridized carbons (Fsp3) is 0.385. The molecule has 0 spiro atoms. The van der Waals surface area contributed by atoms with Crippen molar-refractivity contribution in [2.75, 3.05) is 39.0 Å². The number of likely N-dealkylation sites (N-methyl/N-ethyl adjacent to an activating group) is 1. The summed E-state index contributed by atoms with van der Waals surface area (Å²) in [4.78, 5) is 13.9.